The van der Waals surface area contributed by atoms with Crippen LogP contribution in [0.5, 0.6) is 0 Å². The van der Waals surface area contributed by atoms with Crippen molar-refractivity contribution in [2.24, 2.45) is 0 Å². The van der Waals surface area contributed by atoms with E-state index < -0.39 is 10.2 Å². The number of hydrogen-bond donors (Lipinski definition) is 1. The second-order valence-corrected chi connectivity index (χ2v) is 6.75. The van der Waals surface area contributed by atoms with Crippen LogP contribution in [0.1, 0.15) is 19.8 Å². The van der Waals surface area contributed by atoms with E-state index >= 15 is 0 Å². The molecule has 1 fully saturated rings. The predicted molar refractivity (Wildman–Crippen MR) is 71.8 cm³/mol. The molecule has 1 N–H and O–H groups in total. The fourth-order valence-corrected chi connectivity index (χ4v) is 2.46. The highest BCUT2D eigenvalue weighted by molar-refractivity contribution is 7.87. The standard InChI is InChI=1S/C11H23N3O4S/c1-10(15)14(9-11-5-4-8-18-11)7-6-12-19(16,17)13(2)3/h11-12H,4-9H2,1-3H3. The van der Waals surface area contributed by atoms with Crippen LogP contribution in [-0.2, 0) is 19.7 Å². The first-order valence-corrected chi connectivity index (χ1v) is 7.81. The van der Waals surface area contributed by atoms with E-state index in [1.807, 2.05) is 0 Å². The van der Waals surface area contributed by atoms with Gasteiger partial charge in [0.2, 0.25) is 5.91 Å². The molecule has 112 valence electrons. The zero-order valence-corrected chi connectivity index (χ0v) is 12.6. The Hall–Kier alpha value is -0.700. The van der Waals surface area contributed by atoms with Crippen molar-refractivity contribution in [2.45, 2.75) is 25.9 Å². The van der Waals surface area contributed by atoms with Crippen LogP contribution in [-0.4, -0.2) is 70.0 Å². The Kier molecular flexibility index (Phi) is 6.18. The summed E-state index contributed by atoms with van der Waals surface area (Å²) in [5, 5.41) is 0. The molecule has 0 bridgehead atoms. The topological polar surface area (TPSA) is 79.0 Å². The molecule has 1 aliphatic heterocycles. The molecule has 7 nitrogen and oxygen atoms in total. The lowest BCUT2D eigenvalue weighted by atomic mass is 10.2. The van der Waals surface area contributed by atoms with Crippen LogP contribution in [0, 0.1) is 0 Å². The number of nitrogens with one attached hydrogen (secondary N) is 1. The van der Waals surface area contributed by atoms with Gasteiger partial charge < -0.3 is 9.64 Å². The number of ether oxygens (including phenoxy) is 1. The molecule has 1 atom stereocenters. The third-order valence-electron chi connectivity index (χ3n) is 3.04. The zero-order chi connectivity index (χ0) is 14.5. The molecule has 0 radical (unpaired) electrons. The van der Waals surface area contributed by atoms with E-state index in [1.165, 1.54) is 21.0 Å². The van der Waals surface area contributed by atoms with Crippen LogP contribution in [0.15, 0.2) is 0 Å². The molecule has 0 aliphatic carbocycles. The first kappa shape index (κ1) is 16.4. The van der Waals surface area contributed by atoms with Crippen molar-refractivity contribution >= 4 is 16.1 Å². The second kappa shape index (κ2) is 7.18. The summed E-state index contributed by atoms with van der Waals surface area (Å²) in [6.45, 7) is 3.30. The van der Waals surface area contributed by atoms with Gasteiger partial charge in [0.15, 0.2) is 0 Å². The minimum absolute atomic E-state index is 0.0699. The molecule has 0 saturated carbocycles. The monoisotopic (exact) mass is 293 g/mol. The van der Waals surface area contributed by atoms with Gasteiger partial charge in [-0.2, -0.15) is 12.7 Å². The van der Waals surface area contributed by atoms with Crippen LogP contribution in [0.4, 0.5) is 0 Å². The fourth-order valence-electron chi connectivity index (χ4n) is 1.85. The number of amides is 1. The molecule has 1 aliphatic rings. The van der Waals surface area contributed by atoms with Gasteiger partial charge in [0.05, 0.1) is 6.10 Å². The average molecular weight is 293 g/mol. The van der Waals surface area contributed by atoms with E-state index in [-0.39, 0.29) is 18.6 Å². The third-order valence-corrected chi connectivity index (χ3v) is 4.57. The lowest BCUT2D eigenvalue weighted by Crippen LogP contribution is -2.43. The Morgan fingerprint density at radius 1 is 1.42 bits per heavy atom. The quantitative estimate of drug-likeness (QED) is 0.680. The molecule has 8 heteroatoms. The highest BCUT2D eigenvalue weighted by Gasteiger charge is 2.21. The van der Waals surface area contributed by atoms with Crippen LogP contribution < -0.4 is 4.72 Å². The van der Waals surface area contributed by atoms with E-state index in [9.17, 15) is 13.2 Å². The third kappa shape index (κ3) is 5.43. The average Bonchev–Trinajstić information content (AvgIpc) is 2.79. The molecular formula is C11H23N3O4S. The second-order valence-electron chi connectivity index (χ2n) is 4.78. The maximum absolute atomic E-state index is 11.5. The van der Waals surface area contributed by atoms with Crippen molar-refractivity contribution in [3.63, 3.8) is 0 Å². The Bertz CT molecular complexity index is 391. The zero-order valence-electron chi connectivity index (χ0n) is 11.8. The molecule has 0 spiro atoms. The van der Waals surface area contributed by atoms with Gasteiger partial charge in [0.25, 0.3) is 10.2 Å². The molecule has 0 aromatic heterocycles. The Morgan fingerprint density at radius 2 is 2.11 bits per heavy atom. The summed E-state index contributed by atoms with van der Waals surface area (Å²) >= 11 is 0. The highest BCUT2D eigenvalue weighted by Crippen LogP contribution is 2.13. The largest absolute Gasteiger partial charge is 0.376 e. The van der Waals surface area contributed by atoms with E-state index in [0.29, 0.717) is 13.1 Å². The summed E-state index contributed by atoms with van der Waals surface area (Å²) in [7, 11) is -0.521. The van der Waals surface area contributed by atoms with Crippen LogP contribution in [0.25, 0.3) is 0 Å². The van der Waals surface area contributed by atoms with E-state index in [0.717, 1.165) is 23.8 Å². The lowest BCUT2D eigenvalue weighted by molar-refractivity contribution is -0.130. The van der Waals surface area contributed by atoms with Crippen LogP contribution >= 0.6 is 0 Å². The van der Waals surface area contributed by atoms with Gasteiger partial charge in [-0.1, -0.05) is 0 Å². The number of rotatable bonds is 7. The maximum atomic E-state index is 11.5. The highest BCUT2D eigenvalue weighted by atomic mass is 32.2. The van der Waals surface area contributed by atoms with Crippen molar-refractivity contribution in [2.75, 3.05) is 40.3 Å². The molecule has 19 heavy (non-hydrogen) atoms. The Balaban J connectivity index is 2.39. The van der Waals surface area contributed by atoms with Gasteiger partial charge in [-0.15, -0.1) is 0 Å². The summed E-state index contributed by atoms with van der Waals surface area (Å²) in [6.07, 6.45) is 2.05. The molecule has 0 aromatic carbocycles. The van der Waals surface area contributed by atoms with Crippen molar-refractivity contribution < 1.29 is 17.9 Å². The van der Waals surface area contributed by atoms with E-state index in [1.54, 1.807) is 4.90 Å². The number of carbonyl (C=O) groups excluding carboxylic acids is 1. The normalized spacial score (nSPS) is 19.9. The van der Waals surface area contributed by atoms with Gasteiger partial charge in [-0.25, -0.2) is 4.72 Å². The van der Waals surface area contributed by atoms with Crippen molar-refractivity contribution in [1.82, 2.24) is 13.9 Å². The van der Waals surface area contributed by atoms with Crippen molar-refractivity contribution in [3.8, 4) is 0 Å². The molecule has 0 aromatic rings. The minimum Gasteiger partial charge on any atom is -0.376 e. The predicted octanol–water partition coefficient (Wildman–Crippen LogP) is -0.590. The summed E-state index contributed by atoms with van der Waals surface area (Å²) < 4.78 is 32.0. The molecule has 1 amide bonds. The number of carbonyl (C=O) groups is 1. The Morgan fingerprint density at radius 3 is 2.58 bits per heavy atom. The van der Waals surface area contributed by atoms with Crippen molar-refractivity contribution in [3.05, 3.63) is 0 Å². The van der Waals surface area contributed by atoms with Crippen molar-refractivity contribution in [1.29, 1.82) is 0 Å². The van der Waals surface area contributed by atoms with Gasteiger partial charge in [-0.3, -0.25) is 4.79 Å². The molecule has 1 heterocycles. The van der Waals surface area contributed by atoms with Gasteiger partial charge in [-0.05, 0) is 12.8 Å². The minimum atomic E-state index is -3.43. The molecule has 1 rings (SSSR count). The van der Waals surface area contributed by atoms with Crippen LogP contribution in [0.2, 0.25) is 0 Å². The smallest absolute Gasteiger partial charge is 0.278 e. The SMILES string of the molecule is CC(=O)N(CCNS(=O)(=O)N(C)C)CC1CCCO1. The van der Waals surface area contributed by atoms with Crippen LogP contribution in [0.3, 0.4) is 0 Å². The van der Waals surface area contributed by atoms with Gasteiger partial charge >= 0.3 is 0 Å². The number of nitrogens with zero attached hydrogens (tertiary/aromatic N) is 2. The fraction of sp³-hybridized carbons (Fsp3) is 0.909. The molecular weight excluding hydrogens is 270 g/mol. The number of hydrogen-bond acceptors (Lipinski definition) is 4. The summed E-state index contributed by atoms with van der Waals surface area (Å²) in [4.78, 5) is 13.1. The van der Waals surface area contributed by atoms with Gasteiger partial charge in [0.1, 0.15) is 0 Å². The summed E-state index contributed by atoms with van der Waals surface area (Å²) in [6, 6.07) is 0. The Labute approximate surface area is 115 Å². The lowest BCUT2D eigenvalue weighted by Gasteiger charge is -2.24. The maximum Gasteiger partial charge on any atom is 0.278 e. The van der Waals surface area contributed by atoms with E-state index in [2.05, 4.69) is 4.72 Å². The van der Waals surface area contributed by atoms with Gasteiger partial charge in [0, 0.05) is 47.3 Å². The summed E-state index contributed by atoms with van der Waals surface area (Å²) in [5.74, 6) is -0.0699. The molecule has 1 unspecified atom stereocenters. The van der Waals surface area contributed by atoms with E-state index in [4.69, 9.17) is 4.74 Å². The first-order chi connectivity index (χ1) is 8.83. The summed E-state index contributed by atoms with van der Waals surface area (Å²) in [5.41, 5.74) is 0. The molecule has 1 saturated heterocycles. The first-order valence-electron chi connectivity index (χ1n) is 6.37.